The van der Waals surface area contributed by atoms with E-state index in [4.69, 9.17) is 9.47 Å². The van der Waals surface area contributed by atoms with E-state index in [-0.39, 0.29) is 24.4 Å². The molecule has 2 aromatic carbocycles. The van der Waals surface area contributed by atoms with Crippen molar-refractivity contribution in [1.29, 1.82) is 0 Å². The van der Waals surface area contributed by atoms with Crippen LogP contribution in [0.2, 0.25) is 0 Å². The summed E-state index contributed by atoms with van der Waals surface area (Å²) in [6, 6.07) is 20.4. The lowest BCUT2D eigenvalue weighted by molar-refractivity contribution is 0.0618. The summed E-state index contributed by atoms with van der Waals surface area (Å²) in [6.07, 6.45) is 13.1. The van der Waals surface area contributed by atoms with Gasteiger partial charge in [0, 0.05) is 35.9 Å². The van der Waals surface area contributed by atoms with Crippen molar-refractivity contribution in [2.45, 2.75) is 75.8 Å². The monoisotopic (exact) mass is 588 g/mol. The van der Waals surface area contributed by atoms with E-state index in [1.165, 1.54) is 0 Å². The maximum Gasteiger partial charge on any atom is 0.316 e. The average Bonchev–Trinajstić information content (AvgIpc) is 3.07. The largest absolute Gasteiger partial charge is 0.460 e. The number of hydrogen-bond acceptors (Lipinski definition) is 8. The first-order chi connectivity index (χ1) is 21.6. The average molecular weight is 589 g/mol. The summed E-state index contributed by atoms with van der Waals surface area (Å²) in [5.41, 5.74) is 3.44. The van der Waals surface area contributed by atoms with Gasteiger partial charge in [-0.2, -0.15) is 0 Å². The molecule has 0 amide bonds. The van der Waals surface area contributed by atoms with E-state index >= 15 is 0 Å². The van der Waals surface area contributed by atoms with Crippen molar-refractivity contribution in [1.82, 2.24) is 19.9 Å². The molecule has 2 saturated carbocycles. The molecule has 0 spiro atoms. The first-order valence-electron chi connectivity index (χ1n) is 15.1. The van der Waals surface area contributed by atoms with Gasteiger partial charge in [0.1, 0.15) is 12.2 Å². The molecule has 2 heterocycles. The zero-order valence-electron chi connectivity index (χ0n) is 24.5. The zero-order valence-corrected chi connectivity index (χ0v) is 24.5. The third-order valence-electron chi connectivity index (χ3n) is 7.34. The second-order valence-electron chi connectivity index (χ2n) is 10.8. The summed E-state index contributed by atoms with van der Waals surface area (Å²) in [5.74, 6) is 12.2. The van der Waals surface area contributed by atoms with E-state index in [0.29, 0.717) is 12.0 Å². The van der Waals surface area contributed by atoms with Gasteiger partial charge in [-0.1, -0.05) is 60.1 Å². The molecule has 2 aliphatic carbocycles. The van der Waals surface area contributed by atoms with Crippen LogP contribution in [0.5, 0.6) is 12.0 Å². The Labute approximate surface area is 258 Å². The fraction of sp³-hybridized carbons (Fsp3) is 0.333. The molecule has 2 aromatic heterocycles. The van der Waals surface area contributed by atoms with Gasteiger partial charge in [-0.15, -0.1) is 0 Å². The number of aromatic nitrogens is 4. The smallest absolute Gasteiger partial charge is 0.316 e. The molecule has 0 saturated heterocycles. The lowest BCUT2D eigenvalue weighted by Crippen LogP contribution is -2.27. The third kappa shape index (κ3) is 10.2. The Balaban J connectivity index is 0.000000175. The number of hydrogen-bond donors (Lipinski definition) is 2. The van der Waals surface area contributed by atoms with E-state index in [2.05, 4.69) is 43.6 Å². The van der Waals surface area contributed by atoms with E-state index in [1.807, 2.05) is 60.7 Å². The molecular formula is C36H36N4O4. The Hall–Kier alpha value is -4.76. The summed E-state index contributed by atoms with van der Waals surface area (Å²) in [6.45, 7) is 0. The predicted molar refractivity (Wildman–Crippen MR) is 167 cm³/mol. The van der Waals surface area contributed by atoms with Crippen LogP contribution in [-0.4, -0.2) is 54.6 Å². The van der Waals surface area contributed by atoms with Gasteiger partial charge in [0.25, 0.3) is 0 Å². The van der Waals surface area contributed by atoms with Crippen LogP contribution in [0.25, 0.3) is 0 Å². The van der Waals surface area contributed by atoms with Crippen molar-refractivity contribution in [2.24, 2.45) is 0 Å². The van der Waals surface area contributed by atoms with Gasteiger partial charge in [-0.3, -0.25) is 0 Å². The standard InChI is InChI=1S/2C18H18N2O2/c2*21-16-8-10-17(11-9-16)22-18-19-12-15(13-20-18)7-6-14-4-2-1-3-5-14/h2*1-5,12-13,16-17,21H,8-11H2/t16-,17-;. The Bertz CT molecular complexity index is 1420. The minimum absolute atomic E-state index is 0.102. The highest BCUT2D eigenvalue weighted by molar-refractivity contribution is 5.41. The van der Waals surface area contributed by atoms with Crippen molar-refractivity contribution < 1.29 is 19.7 Å². The molecule has 224 valence electrons. The summed E-state index contributed by atoms with van der Waals surface area (Å²) in [4.78, 5) is 16.8. The summed E-state index contributed by atoms with van der Waals surface area (Å²) in [5, 5.41) is 19.0. The van der Waals surface area contributed by atoms with Gasteiger partial charge in [0.15, 0.2) is 0 Å². The SMILES string of the molecule is OC1CCC(Oc2ncc(C#Cc3ccccc3)cn2)CC1.O[C@H]1CC[C@H](Oc2ncc(C#Cc3ccccc3)cn2)CC1. The fourth-order valence-corrected chi connectivity index (χ4v) is 4.84. The number of benzene rings is 2. The minimum atomic E-state index is -0.184. The molecule has 8 nitrogen and oxygen atoms in total. The topological polar surface area (TPSA) is 110 Å². The highest BCUT2D eigenvalue weighted by Gasteiger charge is 2.22. The molecule has 2 fully saturated rings. The zero-order chi connectivity index (χ0) is 30.4. The lowest BCUT2D eigenvalue weighted by atomic mass is 9.95. The highest BCUT2D eigenvalue weighted by Crippen LogP contribution is 2.23. The van der Waals surface area contributed by atoms with Crippen LogP contribution in [0.3, 0.4) is 0 Å². The van der Waals surface area contributed by atoms with Crippen LogP contribution in [0.4, 0.5) is 0 Å². The second-order valence-corrected chi connectivity index (χ2v) is 10.8. The van der Waals surface area contributed by atoms with Crippen molar-refractivity contribution >= 4 is 0 Å². The van der Waals surface area contributed by atoms with E-state index in [1.54, 1.807) is 24.8 Å². The van der Waals surface area contributed by atoms with Gasteiger partial charge in [-0.25, -0.2) is 19.9 Å². The van der Waals surface area contributed by atoms with Gasteiger partial charge >= 0.3 is 12.0 Å². The minimum Gasteiger partial charge on any atom is -0.460 e. The van der Waals surface area contributed by atoms with Gasteiger partial charge in [-0.05, 0) is 75.6 Å². The van der Waals surface area contributed by atoms with Gasteiger partial charge < -0.3 is 19.7 Å². The number of nitrogens with zero attached hydrogens (tertiary/aromatic N) is 4. The first-order valence-corrected chi connectivity index (χ1v) is 15.1. The molecule has 0 radical (unpaired) electrons. The Morgan fingerprint density at radius 2 is 0.773 bits per heavy atom. The summed E-state index contributed by atoms with van der Waals surface area (Å²) in [7, 11) is 0. The van der Waals surface area contributed by atoms with Crippen molar-refractivity contribution in [3.63, 3.8) is 0 Å². The fourth-order valence-electron chi connectivity index (χ4n) is 4.84. The maximum atomic E-state index is 9.48. The van der Waals surface area contributed by atoms with E-state index in [9.17, 15) is 10.2 Å². The van der Waals surface area contributed by atoms with Crippen LogP contribution in [0.15, 0.2) is 85.5 Å². The molecule has 44 heavy (non-hydrogen) atoms. The Morgan fingerprint density at radius 1 is 0.455 bits per heavy atom. The molecule has 4 aromatic rings. The van der Waals surface area contributed by atoms with E-state index in [0.717, 1.165) is 73.6 Å². The van der Waals surface area contributed by atoms with Gasteiger partial charge in [0.2, 0.25) is 0 Å². The van der Waals surface area contributed by atoms with Crippen molar-refractivity contribution in [2.75, 3.05) is 0 Å². The third-order valence-corrected chi connectivity index (χ3v) is 7.34. The molecule has 0 bridgehead atoms. The van der Waals surface area contributed by atoms with Crippen LogP contribution in [-0.2, 0) is 0 Å². The molecule has 2 N–H and O–H groups in total. The summed E-state index contributed by atoms with van der Waals surface area (Å²) < 4.78 is 11.5. The number of aliphatic hydroxyl groups excluding tert-OH is 2. The summed E-state index contributed by atoms with van der Waals surface area (Å²) >= 11 is 0. The van der Waals surface area contributed by atoms with E-state index < -0.39 is 0 Å². The number of ether oxygens (including phenoxy) is 2. The van der Waals surface area contributed by atoms with Crippen LogP contribution >= 0.6 is 0 Å². The normalized spacial score (nSPS) is 20.8. The molecule has 6 rings (SSSR count). The molecule has 0 atom stereocenters. The number of aliphatic hydroxyl groups is 2. The molecule has 0 unspecified atom stereocenters. The maximum absolute atomic E-state index is 9.48. The number of rotatable bonds is 4. The molecule has 8 heteroatoms. The molecule has 2 aliphatic rings. The Morgan fingerprint density at radius 3 is 1.11 bits per heavy atom. The van der Waals surface area contributed by atoms with Crippen molar-refractivity contribution in [3.8, 4) is 35.7 Å². The Kier molecular flexibility index (Phi) is 11.3. The first kappa shape index (κ1) is 30.7. The lowest BCUT2D eigenvalue weighted by Gasteiger charge is -2.25. The second kappa shape index (κ2) is 16.2. The molecule has 0 aliphatic heterocycles. The highest BCUT2D eigenvalue weighted by atomic mass is 16.5. The van der Waals surface area contributed by atoms with Crippen LogP contribution in [0, 0.1) is 23.7 Å². The molecular weight excluding hydrogens is 552 g/mol. The van der Waals surface area contributed by atoms with Crippen LogP contribution < -0.4 is 9.47 Å². The quantitative estimate of drug-likeness (QED) is 0.316. The van der Waals surface area contributed by atoms with Gasteiger partial charge in [0.05, 0.1) is 23.3 Å². The van der Waals surface area contributed by atoms with Crippen molar-refractivity contribution in [3.05, 3.63) is 108 Å². The van der Waals surface area contributed by atoms with Crippen LogP contribution in [0.1, 0.15) is 73.6 Å². The predicted octanol–water partition coefficient (Wildman–Crippen LogP) is 5.12.